The van der Waals surface area contributed by atoms with Crippen molar-refractivity contribution in [2.45, 2.75) is 12.8 Å². The molecule has 0 aromatic heterocycles. The highest BCUT2D eigenvalue weighted by Gasteiger charge is 2.42. The fourth-order valence-corrected chi connectivity index (χ4v) is 1.78. The Balaban J connectivity index is 1.82. The summed E-state index contributed by atoms with van der Waals surface area (Å²) in [6, 6.07) is 6.69. The van der Waals surface area contributed by atoms with Crippen molar-refractivity contribution in [1.29, 1.82) is 0 Å². The SMILES string of the molecule is COc1ccc(NC(=O)C(=O)NCC2(CO)CC2)cc1. The van der Waals surface area contributed by atoms with Gasteiger partial charge >= 0.3 is 11.8 Å². The second-order valence-corrected chi connectivity index (χ2v) is 5.02. The highest BCUT2D eigenvalue weighted by molar-refractivity contribution is 6.39. The van der Waals surface area contributed by atoms with Gasteiger partial charge < -0.3 is 20.5 Å². The molecule has 3 N–H and O–H groups in total. The molecule has 1 aliphatic rings. The molecule has 0 unspecified atom stereocenters. The first-order valence-corrected chi connectivity index (χ1v) is 6.43. The Labute approximate surface area is 117 Å². The smallest absolute Gasteiger partial charge is 0.313 e. The number of ether oxygens (including phenoxy) is 1. The van der Waals surface area contributed by atoms with Crippen LogP contribution in [0.25, 0.3) is 0 Å². The number of carbonyl (C=O) groups is 2. The number of anilines is 1. The first-order valence-electron chi connectivity index (χ1n) is 6.43. The van der Waals surface area contributed by atoms with Crippen LogP contribution < -0.4 is 15.4 Å². The molecule has 0 radical (unpaired) electrons. The van der Waals surface area contributed by atoms with E-state index in [0.717, 1.165) is 12.8 Å². The zero-order valence-corrected chi connectivity index (χ0v) is 11.3. The third kappa shape index (κ3) is 3.48. The van der Waals surface area contributed by atoms with Crippen molar-refractivity contribution in [3.8, 4) is 5.75 Å². The molecule has 1 aromatic carbocycles. The van der Waals surface area contributed by atoms with Gasteiger partial charge in [-0.05, 0) is 37.1 Å². The Hall–Kier alpha value is -2.08. The zero-order chi connectivity index (χ0) is 14.6. The summed E-state index contributed by atoms with van der Waals surface area (Å²) < 4.78 is 5.00. The number of amides is 2. The van der Waals surface area contributed by atoms with E-state index < -0.39 is 11.8 Å². The molecule has 0 spiro atoms. The summed E-state index contributed by atoms with van der Waals surface area (Å²) in [5.74, 6) is -0.740. The van der Waals surface area contributed by atoms with Crippen molar-refractivity contribution >= 4 is 17.5 Å². The van der Waals surface area contributed by atoms with Crippen LogP contribution in [0, 0.1) is 5.41 Å². The standard InChI is InChI=1S/C14H18N2O4/c1-20-11-4-2-10(3-5-11)16-13(19)12(18)15-8-14(9-17)6-7-14/h2-5,17H,6-9H2,1H3,(H,15,18)(H,16,19). The molecule has 6 nitrogen and oxygen atoms in total. The maximum absolute atomic E-state index is 11.7. The van der Waals surface area contributed by atoms with Gasteiger partial charge in [-0.3, -0.25) is 9.59 Å². The van der Waals surface area contributed by atoms with Crippen LogP contribution in [0.1, 0.15) is 12.8 Å². The molecule has 1 saturated carbocycles. The third-order valence-corrected chi connectivity index (χ3v) is 3.47. The molecule has 0 aliphatic heterocycles. The van der Waals surface area contributed by atoms with E-state index in [4.69, 9.17) is 9.84 Å². The van der Waals surface area contributed by atoms with E-state index in [1.807, 2.05) is 0 Å². The molecule has 0 heterocycles. The van der Waals surface area contributed by atoms with Gasteiger partial charge in [0, 0.05) is 17.6 Å². The summed E-state index contributed by atoms with van der Waals surface area (Å²) in [6.07, 6.45) is 1.76. The van der Waals surface area contributed by atoms with Crippen molar-refractivity contribution in [3.63, 3.8) is 0 Å². The summed E-state index contributed by atoms with van der Waals surface area (Å²) in [4.78, 5) is 23.3. The molecule has 0 bridgehead atoms. The van der Waals surface area contributed by atoms with Crippen LogP contribution >= 0.6 is 0 Å². The maximum atomic E-state index is 11.7. The van der Waals surface area contributed by atoms with Gasteiger partial charge in [0.05, 0.1) is 13.7 Å². The summed E-state index contributed by atoms with van der Waals surface area (Å²) in [5, 5.41) is 14.2. The summed E-state index contributed by atoms with van der Waals surface area (Å²) in [6.45, 7) is 0.367. The molecular weight excluding hydrogens is 260 g/mol. The van der Waals surface area contributed by atoms with Crippen LogP contribution in [0.3, 0.4) is 0 Å². The number of aliphatic hydroxyl groups is 1. The van der Waals surface area contributed by atoms with Gasteiger partial charge in [0.1, 0.15) is 5.75 Å². The number of aliphatic hydroxyl groups excluding tert-OH is 1. The molecule has 0 atom stereocenters. The number of hydrogen-bond acceptors (Lipinski definition) is 4. The molecule has 1 aliphatic carbocycles. The van der Waals surface area contributed by atoms with Crippen LogP contribution in [0.15, 0.2) is 24.3 Å². The Morgan fingerprint density at radius 3 is 2.40 bits per heavy atom. The lowest BCUT2D eigenvalue weighted by Crippen LogP contribution is -2.39. The second-order valence-electron chi connectivity index (χ2n) is 5.02. The molecule has 20 heavy (non-hydrogen) atoms. The van der Waals surface area contributed by atoms with E-state index in [2.05, 4.69) is 10.6 Å². The van der Waals surface area contributed by atoms with Gasteiger partial charge in [0.15, 0.2) is 0 Å². The molecule has 2 rings (SSSR count). The average Bonchev–Trinajstić information content (AvgIpc) is 3.26. The van der Waals surface area contributed by atoms with Crippen LogP contribution in [-0.2, 0) is 9.59 Å². The van der Waals surface area contributed by atoms with Crippen LogP contribution in [0.5, 0.6) is 5.75 Å². The van der Waals surface area contributed by atoms with Crippen LogP contribution in [0.2, 0.25) is 0 Å². The zero-order valence-electron chi connectivity index (χ0n) is 11.3. The molecular formula is C14H18N2O4. The minimum absolute atomic E-state index is 0.0351. The summed E-state index contributed by atoms with van der Waals surface area (Å²) in [7, 11) is 1.55. The van der Waals surface area contributed by atoms with Gasteiger partial charge in [-0.25, -0.2) is 0 Å². The first kappa shape index (κ1) is 14.3. The lowest BCUT2D eigenvalue weighted by molar-refractivity contribution is -0.136. The first-order chi connectivity index (χ1) is 9.58. The van der Waals surface area contributed by atoms with E-state index in [9.17, 15) is 9.59 Å². The minimum atomic E-state index is -0.719. The molecule has 0 saturated heterocycles. The van der Waals surface area contributed by atoms with Crippen LogP contribution in [0.4, 0.5) is 5.69 Å². The van der Waals surface area contributed by atoms with E-state index >= 15 is 0 Å². The number of carbonyl (C=O) groups excluding carboxylic acids is 2. The van der Waals surface area contributed by atoms with Crippen LogP contribution in [-0.4, -0.2) is 37.2 Å². The third-order valence-electron chi connectivity index (χ3n) is 3.47. The molecule has 1 fully saturated rings. The minimum Gasteiger partial charge on any atom is -0.497 e. The predicted octanol–water partition coefficient (Wildman–Crippen LogP) is 0.522. The van der Waals surface area contributed by atoms with Gasteiger partial charge in [-0.2, -0.15) is 0 Å². The molecule has 1 aromatic rings. The second kappa shape index (κ2) is 5.92. The largest absolute Gasteiger partial charge is 0.497 e. The van der Waals surface area contributed by atoms with Crippen molar-refractivity contribution in [2.24, 2.45) is 5.41 Å². The number of methoxy groups -OCH3 is 1. The molecule has 108 valence electrons. The number of hydrogen-bond donors (Lipinski definition) is 3. The fraction of sp³-hybridized carbons (Fsp3) is 0.429. The van der Waals surface area contributed by atoms with E-state index in [1.165, 1.54) is 0 Å². The Bertz CT molecular complexity index is 494. The Morgan fingerprint density at radius 2 is 1.90 bits per heavy atom. The van der Waals surface area contributed by atoms with E-state index in [-0.39, 0.29) is 12.0 Å². The Kier molecular flexibility index (Phi) is 4.24. The maximum Gasteiger partial charge on any atom is 0.313 e. The number of benzene rings is 1. The predicted molar refractivity (Wildman–Crippen MR) is 73.4 cm³/mol. The summed E-state index contributed by atoms with van der Waals surface area (Å²) >= 11 is 0. The highest BCUT2D eigenvalue weighted by Crippen LogP contribution is 2.44. The van der Waals surface area contributed by atoms with E-state index in [1.54, 1.807) is 31.4 Å². The highest BCUT2D eigenvalue weighted by atomic mass is 16.5. The quantitative estimate of drug-likeness (QED) is 0.685. The molecule has 6 heteroatoms. The van der Waals surface area contributed by atoms with Gasteiger partial charge in [0.2, 0.25) is 0 Å². The summed E-state index contributed by atoms with van der Waals surface area (Å²) in [5.41, 5.74) is 0.310. The normalized spacial score (nSPS) is 15.3. The van der Waals surface area contributed by atoms with E-state index in [0.29, 0.717) is 18.0 Å². The van der Waals surface area contributed by atoms with Crippen molar-refractivity contribution < 1.29 is 19.4 Å². The van der Waals surface area contributed by atoms with Crippen molar-refractivity contribution in [3.05, 3.63) is 24.3 Å². The van der Waals surface area contributed by atoms with Gasteiger partial charge in [0.25, 0.3) is 0 Å². The number of rotatable bonds is 5. The van der Waals surface area contributed by atoms with Gasteiger partial charge in [-0.1, -0.05) is 0 Å². The lowest BCUT2D eigenvalue weighted by atomic mass is 10.1. The fourth-order valence-electron chi connectivity index (χ4n) is 1.78. The topological polar surface area (TPSA) is 87.7 Å². The number of nitrogens with one attached hydrogen (secondary N) is 2. The van der Waals surface area contributed by atoms with Crippen molar-refractivity contribution in [2.75, 3.05) is 25.6 Å². The van der Waals surface area contributed by atoms with Gasteiger partial charge in [-0.15, -0.1) is 0 Å². The van der Waals surface area contributed by atoms with Crippen molar-refractivity contribution in [1.82, 2.24) is 5.32 Å². The monoisotopic (exact) mass is 278 g/mol. The lowest BCUT2D eigenvalue weighted by Gasteiger charge is -2.12. The Morgan fingerprint density at radius 1 is 1.25 bits per heavy atom. The average molecular weight is 278 g/mol. The molecule has 2 amide bonds.